The van der Waals surface area contributed by atoms with Gasteiger partial charge in [-0.05, 0) is 64.6 Å². The molecular weight excluding hydrogens is 288 g/mol. The maximum Gasteiger partial charge on any atom is 0.0788 e. The highest BCUT2D eigenvalue weighted by atomic mass is 16.3. The number of likely N-dealkylation sites (N-methyl/N-ethyl adjacent to an activating group) is 2. The van der Waals surface area contributed by atoms with Crippen molar-refractivity contribution in [2.45, 2.75) is 71.0 Å². The molecule has 0 aromatic rings. The van der Waals surface area contributed by atoms with Crippen LogP contribution in [0.4, 0.5) is 0 Å². The van der Waals surface area contributed by atoms with E-state index in [1.807, 2.05) is 0 Å². The molecule has 2 unspecified atom stereocenters. The van der Waals surface area contributed by atoms with E-state index in [4.69, 9.17) is 0 Å². The summed E-state index contributed by atoms with van der Waals surface area (Å²) in [5, 5.41) is 20.2. The second kappa shape index (κ2) is 8.80. The normalized spacial score (nSPS) is 33.1. The summed E-state index contributed by atoms with van der Waals surface area (Å²) < 4.78 is 0. The molecular formula is C19H40N2O2. The predicted octanol–water partition coefficient (Wildman–Crippen LogP) is 2.59. The lowest BCUT2D eigenvalue weighted by Gasteiger charge is -2.38. The first-order chi connectivity index (χ1) is 10.5. The van der Waals surface area contributed by atoms with Crippen molar-refractivity contribution < 1.29 is 10.2 Å². The summed E-state index contributed by atoms with van der Waals surface area (Å²) in [6.07, 6.45) is 4.95. The highest BCUT2D eigenvalue weighted by molar-refractivity contribution is 4.89. The minimum absolute atomic E-state index is 0.386. The smallest absolute Gasteiger partial charge is 0.0788 e. The maximum atomic E-state index is 10.2. The molecule has 4 heteroatoms. The molecule has 2 N–H and O–H groups in total. The van der Waals surface area contributed by atoms with Crippen LogP contribution in [0, 0.1) is 11.8 Å². The van der Waals surface area contributed by atoms with Crippen LogP contribution < -0.4 is 0 Å². The van der Waals surface area contributed by atoms with E-state index < -0.39 is 5.60 Å². The number of hydrogen-bond acceptors (Lipinski definition) is 4. The van der Waals surface area contributed by atoms with Crippen molar-refractivity contribution in [3.05, 3.63) is 0 Å². The topological polar surface area (TPSA) is 46.9 Å². The fraction of sp³-hybridized carbons (Fsp3) is 1.00. The molecule has 0 aromatic carbocycles. The Morgan fingerprint density at radius 1 is 0.783 bits per heavy atom. The Balaban J connectivity index is 0.000000231. The van der Waals surface area contributed by atoms with Gasteiger partial charge in [-0.3, -0.25) is 0 Å². The van der Waals surface area contributed by atoms with Crippen molar-refractivity contribution in [1.82, 2.24) is 9.80 Å². The van der Waals surface area contributed by atoms with Crippen molar-refractivity contribution in [3.8, 4) is 0 Å². The maximum absolute atomic E-state index is 10.2. The zero-order valence-corrected chi connectivity index (χ0v) is 16.3. The molecule has 2 rings (SSSR count). The number of rotatable bonds is 4. The van der Waals surface area contributed by atoms with Crippen molar-refractivity contribution in [2.75, 3.05) is 40.3 Å². The molecule has 0 saturated carbocycles. The van der Waals surface area contributed by atoms with Gasteiger partial charge >= 0.3 is 0 Å². The first-order valence-corrected chi connectivity index (χ1v) is 9.35. The standard InChI is InChI=1S/C10H21NO.C9H19NO/c1-9(2)7-10(12)5-4-6-11(3)8-10;1-8(2)6-9(11)4-5-10(3)7-9/h9,12H,4-8H2,1-3H3;8,11H,4-7H2,1-3H3. The van der Waals surface area contributed by atoms with Crippen LogP contribution in [0.2, 0.25) is 0 Å². The van der Waals surface area contributed by atoms with Gasteiger partial charge in [-0.15, -0.1) is 0 Å². The van der Waals surface area contributed by atoms with E-state index in [1.54, 1.807) is 0 Å². The lowest BCUT2D eigenvalue weighted by molar-refractivity contribution is -0.0378. The zero-order chi connectivity index (χ0) is 17.7. The Bertz CT molecular complexity index is 344. The Hall–Kier alpha value is -0.160. The monoisotopic (exact) mass is 328 g/mol. The second-order valence-corrected chi connectivity index (χ2v) is 8.97. The molecule has 0 radical (unpaired) electrons. The van der Waals surface area contributed by atoms with E-state index >= 15 is 0 Å². The average Bonchev–Trinajstić information content (AvgIpc) is 2.66. The molecule has 138 valence electrons. The molecule has 2 saturated heterocycles. The van der Waals surface area contributed by atoms with Gasteiger partial charge < -0.3 is 20.0 Å². The molecule has 2 atom stereocenters. The molecule has 2 aliphatic rings. The summed E-state index contributed by atoms with van der Waals surface area (Å²) in [7, 11) is 4.16. The lowest BCUT2D eigenvalue weighted by Crippen LogP contribution is -2.47. The Morgan fingerprint density at radius 2 is 1.22 bits per heavy atom. The van der Waals surface area contributed by atoms with E-state index in [0.29, 0.717) is 11.8 Å². The summed E-state index contributed by atoms with van der Waals surface area (Å²) >= 11 is 0. The molecule has 23 heavy (non-hydrogen) atoms. The lowest BCUT2D eigenvalue weighted by atomic mass is 9.85. The van der Waals surface area contributed by atoms with Gasteiger partial charge in [0.25, 0.3) is 0 Å². The molecule has 4 nitrogen and oxygen atoms in total. The third-order valence-electron chi connectivity index (χ3n) is 4.85. The number of hydrogen-bond donors (Lipinski definition) is 2. The summed E-state index contributed by atoms with van der Waals surface area (Å²) in [6, 6.07) is 0. The summed E-state index contributed by atoms with van der Waals surface area (Å²) in [5.41, 5.74) is -0.788. The van der Waals surface area contributed by atoms with Crippen LogP contribution in [0.15, 0.2) is 0 Å². The summed E-state index contributed by atoms with van der Waals surface area (Å²) in [4.78, 5) is 4.42. The van der Waals surface area contributed by atoms with E-state index in [9.17, 15) is 10.2 Å². The molecule has 0 amide bonds. The van der Waals surface area contributed by atoms with Crippen LogP contribution in [-0.4, -0.2) is 71.5 Å². The second-order valence-electron chi connectivity index (χ2n) is 8.97. The molecule has 0 aliphatic carbocycles. The van der Waals surface area contributed by atoms with Gasteiger partial charge in [0.15, 0.2) is 0 Å². The highest BCUT2D eigenvalue weighted by Crippen LogP contribution is 2.27. The van der Waals surface area contributed by atoms with Gasteiger partial charge in [-0.2, -0.15) is 0 Å². The molecule has 0 aromatic heterocycles. The van der Waals surface area contributed by atoms with Crippen LogP contribution in [0.3, 0.4) is 0 Å². The quantitative estimate of drug-likeness (QED) is 0.833. The minimum Gasteiger partial charge on any atom is -0.389 e. The van der Waals surface area contributed by atoms with Gasteiger partial charge in [-0.1, -0.05) is 27.7 Å². The van der Waals surface area contributed by atoms with E-state index in [-0.39, 0.29) is 5.60 Å². The minimum atomic E-state index is -0.402. The van der Waals surface area contributed by atoms with Crippen molar-refractivity contribution in [2.24, 2.45) is 11.8 Å². The van der Waals surface area contributed by atoms with E-state index in [0.717, 1.165) is 58.3 Å². The summed E-state index contributed by atoms with van der Waals surface area (Å²) in [6.45, 7) is 12.6. The Labute approximate surface area is 143 Å². The Kier molecular flexibility index (Phi) is 7.99. The van der Waals surface area contributed by atoms with Crippen molar-refractivity contribution in [1.29, 1.82) is 0 Å². The molecule has 2 fully saturated rings. The van der Waals surface area contributed by atoms with Crippen LogP contribution in [0.1, 0.15) is 59.8 Å². The average molecular weight is 329 g/mol. The van der Waals surface area contributed by atoms with Gasteiger partial charge in [0.1, 0.15) is 0 Å². The molecule has 0 spiro atoms. The van der Waals surface area contributed by atoms with E-state index in [2.05, 4.69) is 51.6 Å². The largest absolute Gasteiger partial charge is 0.389 e. The van der Waals surface area contributed by atoms with Gasteiger partial charge in [0, 0.05) is 19.6 Å². The molecule has 0 bridgehead atoms. The third-order valence-corrected chi connectivity index (χ3v) is 4.85. The van der Waals surface area contributed by atoms with Gasteiger partial charge in [0.2, 0.25) is 0 Å². The molecule has 2 aliphatic heterocycles. The summed E-state index contributed by atoms with van der Waals surface area (Å²) in [5.74, 6) is 1.20. The fourth-order valence-corrected chi connectivity index (χ4v) is 4.25. The number of nitrogens with zero attached hydrogens (tertiary/aromatic N) is 2. The first kappa shape index (κ1) is 20.9. The highest BCUT2D eigenvalue weighted by Gasteiger charge is 2.34. The van der Waals surface area contributed by atoms with Crippen LogP contribution in [-0.2, 0) is 0 Å². The SMILES string of the molecule is CC(C)CC1(O)CCCN(C)C1.CC(C)CC1(O)CCN(C)C1. The number of piperidine rings is 1. The van der Waals surface area contributed by atoms with Crippen molar-refractivity contribution >= 4 is 0 Å². The van der Waals surface area contributed by atoms with Gasteiger partial charge in [-0.25, -0.2) is 0 Å². The van der Waals surface area contributed by atoms with E-state index in [1.165, 1.54) is 0 Å². The third kappa shape index (κ3) is 7.97. The van der Waals surface area contributed by atoms with Gasteiger partial charge in [0.05, 0.1) is 11.2 Å². The Morgan fingerprint density at radius 3 is 1.57 bits per heavy atom. The predicted molar refractivity (Wildman–Crippen MR) is 97.7 cm³/mol. The number of aliphatic hydroxyl groups is 2. The zero-order valence-electron chi connectivity index (χ0n) is 16.3. The van der Waals surface area contributed by atoms with Crippen LogP contribution in [0.25, 0.3) is 0 Å². The number of likely N-dealkylation sites (tertiary alicyclic amines) is 2. The number of β-amino-alcohol motifs (C(OH)–C–C–N with tert-alkyl or cyclic N) is 2. The first-order valence-electron chi connectivity index (χ1n) is 9.35. The molecule has 2 heterocycles. The van der Waals surface area contributed by atoms with Crippen molar-refractivity contribution in [3.63, 3.8) is 0 Å². The fourth-order valence-electron chi connectivity index (χ4n) is 4.25. The van der Waals surface area contributed by atoms with Crippen LogP contribution >= 0.6 is 0 Å². The van der Waals surface area contributed by atoms with Crippen LogP contribution in [0.5, 0.6) is 0 Å².